The minimum atomic E-state index is -0.695. The normalized spacial score (nSPS) is 10.6. The fourth-order valence-corrected chi connectivity index (χ4v) is 2.26. The van der Waals surface area contributed by atoms with Crippen molar-refractivity contribution in [3.8, 4) is 11.5 Å². The molecule has 0 unspecified atom stereocenters. The Morgan fingerprint density at radius 3 is 2.81 bits per heavy atom. The van der Waals surface area contributed by atoms with Gasteiger partial charge in [0.2, 0.25) is 5.75 Å². The van der Waals surface area contributed by atoms with Gasteiger partial charge in [-0.3, -0.25) is 19.7 Å². The largest absolute Gasteiger partial charge is 0.493 e. The Hall–Kier alpha value is -3.69. The quantitative estimate of drug-likeness (QED) is 0.444. The van der Waals surface area contributed by atoms with Gasteiger partial charge in [-0.1, -0.05) is 0 Å². The molecular weight excluding hydrogens is 356 g/mol. The Labute approximate surface area is 154 Å². The molecule has 27 heavy (non-hydrogen) atoms. The molecule has 0 aliphatic heterocycles. The maximum Gasteiger partial charge on any atom is 0.315 e. The molecule has 10 heteroatoms. The van der Waals surface area contributed by atoms with Gasteiger partial charge in [-0.05, 0) is 25.1 Å². The predicted molar refractivity (Wildman–Crippen MR) is 97.6 cm³/mol. The number of hydrogen-bond acceptors (Lipinski definition) is 7. The lowest BCUT2D eigenvalue weighted by Crippen LogP contribution is -2.29. The van der Waals surface area contributed by atoms with Crippen molar-refractivity contribution in [2.24, 2.45) is 12.1 Å². The molecule has 1 heterocycles. The summed E-state index contributed by atoms with van der Waals surface area (Å²) in [5.74, 6) is -0.519. The van der Waals surface area contributed by atoms with E-state index in [0.29, 0.717) is 5.56 Å². The molecule has 0 atom stereocenters. The number of nitrogens with zero attached hydrogens (tertiary/aromatic N) is 3. The van der Waals surface area contributed by atoms with Crippen molar-refractivity contribution in [1.82, 2.24) is 9.99 Å². The number of benzene rings is 1. The van der Waals surface area contributed by atoms with Crippen LogP contribution in [0.3, 0.4) is 0 Å². The summed E-state index contributed by atoms with van der Waals surface area (Å²) in [5.41, 5.74) is 1.69. The maximum absolute atomic E-state index is 12.1. The smallest absolute Gasteiger partial charge is 0.315 e. The second kappa shape index (κ2) is 8.61. The molecule has 0 radical (unpaired) electrons. The number of hydrazone groups is 1. The number of aromatic nitrogens is 1. The number of pyridine rings is 1. The van der Waals surface area contributed by atoms with Gasteiger partial charge in [-0.2, -0.15) is 5.10 Å². The van der Waals surface area contributed by atoms with Crippen LogP contribution in [0.5, 0.6) is 11.5 Å². The molecule has 1 N–H and O–H groups in total. The van der Waals surface area contributed by atoms with Gasteiger partial charge >= 0.3 is 5.69 Å². The number of nitrogens with one attached hydrogen (secondary N) is 1. The standard InChI is InChI=1S/C17H18N4O6/c1-4-27-15-13(21(24)25)8-11(9-14(15)26-3)10-18-19-16(22)12-6-5-7-20(2)17(12)23/h5-10H,4H2,1-3H3,(H,19,22)/b18-10-. The van der Waals surface area contributed by atoms with Crippen LogP contribution in [0, 0.1) is 10.1 Å². The fraction of sp³-hybridized carbons (Fsp3) is 0.235. The van der Waals surface area contributed by atoms with Crippen molar-refractivity contribution in [2.75, 3.05) is 13.7 Å². The van der Waals surface area contributed by atoms with Crippen molar-refractivity contribution >= 4 is 17.8 Å². The van der Waals surface area contributed by atoms with Crippen LogP contribution in [-0.4, -0.2) is 35.3 Å². The zero-order chi connectivity index (χ0) is 20.0. The lowest BCUT2D eigenvalue weighted by atomic mass is 10.2. The van der Waals surface area contributed by atoms with E-state index in [2.05, 4.69) is 10.5 Å². The Morgan fingerprint density at radius 1 is 1.44 bits per heavy atom. The third-order valence-electron chi connectivity index (χ3n) is 3.51. The highest BCUT2D eigenvalue weighted by atomic mass is 16.6. The van der Waals surface area contributed by atoms with Crippen LogP contribution >= 0.6 is 0 Å². The van der Waals surface area contributed by atoms with Crippen LogP contribution in [0.1, 0.15) is 22.8 Å². The van der Waals surface area contributed by atoms with Gasteiger partial charge in [0.05, 0.1) is 24.9 Å². The molecule has 0 aliphatic carbocycles. The van der Waals surface area contributed by atoms with Gasteiger partial charge in [-0.15, -0.1) is 0 Å². The topological polar surface area (TPSA) is 125 Å². The highest BCUT2D eigenvalue weighted by Crippen LogP contribution is 2.37. The Morgan fingerprint density at radius 2 is 2.19 bits per heavy atom. The molecule has 0 fully saturated rings. The van der Waals surface area contributed by atoms with Crippen molar-refractivity contribution in [3.63, 3.8) is 0 Å². The minimum absolute atomic E-state index is 0.0129. The highest BCUT2D eigenvalue weighted by Gasteiger charge is 2.21. The van der Waals surface area contributed by atoms with Gasteiger partial charge in [0.1, 0.15) is 5.56 Å². The summed E-state index contributed by atoms with van der Waals surface area (Å²) in [6.45, 7) is 1.93. The minimum Gasteiger partial charge on any atom is -0.493 e. The van der Waals surface area contributed by atoms with Crippen LogP contribution in [0.15, 0.2) is 40.4 Å². The molecule has 1 aromatic carbocycles. The van der Waals surface area contributed by atoms with E-state index in [1.807, 2.05) is 0 Å². The van der Waals surface area contributed by atoms with E-state index in [-0.39, 0.29) is 29.4 Å². The molecular formula is C17H18N4O6. The zero-order valence-corrected chi connectivity index (χ0v) is 15.0. The van der Waals surface area contributed by atoms with Gasteiger partial charge in [0.25, 0.3) is 11.5 Å². The summed E-state index contributed by atoms with van der Waals surface area (Å²) < 4.78 is 11.7. The van der Waals surface area contributed by atoms with Crippen molar-refractivity contribution in [1.29, 1.82) is 0 Å². The molecule has 1 amide bonds. The third-order valence-corrected chi connectivity index (χ3v) is 3.51. The molecule has 0 spiro atoms. The number of amides is 1. The van der Waals surface area contributed by atoms with E-state index in [1.54, 1.807) is 13.0 Å². The molecule has 10 nitrogen and oxygen atoms in total. The predicted octanol–water partition coefficient (Wildman–Crippen LogP) is 1.46. The molecule has 2 rings (SSSR count). The third kappa shape index (κ3) is 4.48. The van der Waals surface area contributed by atoms with Crippen LogP contribution in [0.25, 0.3) is 0 Å². The van der Waals surface area contributed by atoms with Gasteiger partial charge in [0, 0.05) is 24.9 Å². The zero-order valence-electron chi connectivity index (χ0n) is 15.0. The van der Waals surface area contributed by atoms with E-state index in [9.17, 15) is 19.7 Å². The van der Waals surface area contributed by atoms with E-state index in [4.69, 9.17) is 9.47 Å². The van der Waals surface area contributed by atoms with E-state index in [0.717, 1.165) is 0 Å². The molecule has 0 saturated heterocycles. The summed E-state index contributed by atoms with van der Waals surface area (Å²) in [6.07, 6.45) is 2.73. The molecule has 2 aromatic rings. The number of methoxy groups -OCH3 is 1. The monoisotopic (exact) mass is 374 g/mol. The van der Waals surface area contributed by atoms with E-state index in [1.165, 1.54) is 49.3 Å². The Kier molecular flexibility index (Phi) is 6.26. The first kappa shape index (κ1) is 19.6. The van der Waals surface area contributed by atoms with Crippen LogP contribution in [0.2, 0.25) is 0 Å². The van der Waals surface area contributed by atoms with E-state index < -0.39 is 16.4 Å². The molecule has 0 bridgehead atoms. The summed E-state index contributed by atoms with van der Waals surface area (Å²) >= 11 is 0. The summed E-state index contributed by atoms with van der Waals surface area (Å²) in [4.78, 5) is 34.6. The molecule has 0 saturated carbocycles. The SMILES string of the molecule is CCOc1c(OC)cc(/C=N\NC(=O)c2cccn(C)c2=O)cc1[N+](=O)[O-]. The number of aryl methyl sites for hydroxylation is 1. The average molecular weight is 374 g/mol. The fourth-order valence-electron chi connectivity index (χ4n) is 2.26. The average Bonchev–Trinajstić information content (AvgIpc) is 2.64. The number of carbonyl (C=O) groups excluding carboxylic acids is 1. The maximum atomic E-state index is 12.1. The number of nitro groups is 1. The first-order valence-corrected chi connectivity index (χ1v) is 7.87. The Balaban J connectivity index is 2.27. The first-order chi connectivity index (χ1) is 12.9. The second-order valence-electron chi connectivity index (χ2n) is 5.30. The van der Waals surface area contributed by atoms with Crippen molar-refractivity contribution < 1.29 is 19.2 Å². The van der Waals surface area contributed by atoms with Crippen molar-refractivity contribution in [2.45, 2.75) is 6.92 Å². The number of rotatable bonds is 7. The Bertz CT molecular complexity index is 951. The lowest BCUT2D eigenvalue weighted by Gasteiger charge is -2.10. The lowest BCUT2D eigenvalue weighted by molar-refractivity contribution is -0.385. The molecule has 142 valence electrons. The van der Waals surface area contributed by atoms with Crippen LogP contribution < -0.4 is 20.5 Å². The number of ether oxygens (including phenoxy) is 2. The summed E-state index contributed by atoms with van der Waals surface area (Å²) in [7, 11) is 2.88. The molecule has 0 aliphatic rings. The van der Waals surface area contributed by atoms with Crippen LogP contribution in [-0.2, 0) is 7.05 Å². The number of hydrogen-bond donors (Lipinski definition) is 1. The summed E-state index contributed by atoms with van der Waals surface area (Å²) in [6, 6.07) is 5.65. The van der Waals surface area contributed by atoms with Gasteiger partial charge in [-0.25, -0.2) is 5.43 Å². The van der Waals surface area contributed by atoms with Gasteiger partial charge < -0.3 is 14.0 Å². The van der Waals surface area contributed by atoms with Crippen LogP contribution in [0.4, 0.5) is 5.69 Å². The number of nitro benzene ring substituents is 1. The van der Waals surface area contributed by atoms with Gasteiger partial charge in [0.15, 0.2) is 5.75 Å². The summed E-state index contributed by atoms with van der Waals surface area (Å²) in [5, 5.41) is 15.0. The second-order valence-corrected chi connectivity index (χ2v) is 5.30. The van der Waals surface area contributed by atoms with Crippen molar-refractivity contribution in [3.05, 3.63) is 62.1 Å². The highest BCUT2D eigenvalue weighted by molar-refractivity contribution is 5.94. The van der Waals surface area contributed by atoms with E-state index >= 15 is 0 Å². The molecule has 1 aromatic heterocycles. The first-order valence-electron chi connectivity index (χ1n) is 7.87. The number of carbonyl (C=O) groups is 1.